The molecule has 1 aromatic rings. The van der Waals surface area contributed by atoms with Crippen LogP contribution in [0.4, 0.5) is 5.00 Å². The molecule has 0 radical (unpaired) electrons. The Morgan fingerprint density at radius 1 is 1.04 bits per heavy atom. The van der Waals surface area contributed by atoms with E-state index in [0.717, 1.165) is 37.2 Å². The van der Waals surface area contributed by atoms with Crippen molar-refractivity contribution in [2.75, 3.05) is 18.5 Å². The monoisotopic (exact) mass is 424 g/mol. The molecule has 0 bridgehead atoms. The Labute approximate surface area is 179 Å². The summed E-state index contributed by atoms with van der Waals surface area (Å²) in [5.74, 6) is -0.227. The lowest BCUT2D eigenvalue weighted by Gasteiger charge is -2.13. The Hall–Kier alpha value is -1.14. The van der Waals surface area contributed by atoms with Gasteiger partial charge in [0.2, 0.25) is 0 Å². The molecule has 0 fully saturated rings. The fourth-order valence-electron chi connectivity index (χ4n) is 3.68. The molecule has 0 saturated carbocycles. The van der Waals surface area contributed by atoms with Gasteiger partial charge in [-0.3, -0.25) is 0 Å². The van der Waals surface area contributed by atoms with Crippen LogP contribution in [0, 0.1) is 0 Å². The van der Waals surface area contributed by atoms with Gasteiger partial charge in [-0.1, -0.05) is 51.9 Å². The predicted octanol–water partition coefficient (Wildman–Crippen LogP) is 6.23. The van der Waals surface area contributed by atoms with Crippen molar-refractivity contribution in [1.82, 2.24) is 5.32 Å². The van der Waals surface area contributed by atoms with Gasteiger partial charge in [0.1, 0.15) is 5.00 Å². The van der Waals surface area contributed by atoms with Gasteiger partial charge in [-0.05, 0) is 56.8 Å². The van der Waals surface area contributed by atoms with Crippen molar-refractivity contribution in [1.29, 1.82) is 0 Å². The average Bonchev–Trinajstić information content (AvgIpc) is 3.04. The summed E-state index contributed by atoms with van der Waals surface area (Å²) in [6, 6.07) is 0. The largest absolute Gasteiger partial charge is 0.462 e. The number of anilines is 1. The van der Waals surface area contributed by atoms with E-state index < -0.39 is 0 Å². The summed E-state index contributed by atoms with van der Waals surface area (Å²) in [6.07, 6.45) is 14.7. The van der Waals surface area contributed by atoms with Gasteiger partial charge in [-0.15, -0.1) is 11.3 Å². The highest BCUT2D eigenvalue weighted by molar-refractivity contribution is 7.80. The number of fused-ring (bicyclic) bond motifs is 1. The van der Waals surface area contributed by atoms with Crippen molar-refractivity contribution in [3.8, 4) is 0 Å². The molecule has 2 rings (SSSR count). The van der Waals surface area contributed by atoms with Gasteiger partial charge in [-0.2, -0.15) is 0 Å². The van der Waals surface area contributed by atoms with Crippen LogP contribution in [0.25, 0.3) is 0 Å². The van der Waals surface area contributed by atoms with E-state index in [4.69, 9.17) is 17.0 Å². The second kappa shape index (κ2) is 13.2. The van der Waals surface area contributed by atoms with Gasteiger partial charge in [0.15, 0.2) is 5.11 Å². The molecular formula is C22H36N2O2S2. The quantitative estimate of drug-likeness (QED) is 0.237. The Bertz CT molecular complexity index is 628. The first-order chi connectivity index (χ1) is 13.7. The molecule has 0 unspecified atom stereocenters. The number of carbonyl (C=O) groups excluding carboxylic acids is 1. The van der Waals surface area contributed by atoms with Crippen molar-refractivity contribution in [3.63, 3.8) is 0 Å². The van der Waals surface area contributed by atoms with E-state index in [1.807, 2.05) is 6.92 Å². The molecule has 158 valence electrons. The summed E-state index contributed by atoms with van der Waals surface area (Å²) in [5, 5.41) is 8.02. The Morgan fingerprint density at radius 2 is 1.71 bits per heavy atom. The minimum Gasteiger partial charge on any atom is -0.462 e. The van der Waals surface area contributed by atoms with E-state index in [1.165, 1.54) is 61.8 Å². The molecule has 1 aliphatic carbocycles. The molecule has 0 aromatic carbocycles. The zero-order valence-corrected chi connectivity index (χ0v) is 19.2. The number of ether oxygens (including phenoxy) is 1. The van der Waals surface area contributed by atoms with Crippen LogP contribution in [0.15, 0.2) is 0 Å². The first kappa shape index (κ1) is 23.1. The van der Waals surface area contributed by atoms with Crippen LogP contribution >= 0.6 is 23.6 Å². The van der Waals surface area contributed by atoms with Crippen molar-refractivity contribution < 1.29 is 9.53 Å². The van der Waals surface area contributed by atoms with E-state index in [-0.39, 0.29) is 5.97 Å². The van der Waals surface area contributed by atoms with Crippen LogP contribution in [-0.2, 0) is 17.6 Å². The highest BCUT2D eigenvalue weighted by atomic mass is 32.1. The molecule has 0 saturated heterocycles. The maximum atomic E-state index is 12.5. The zero-order valence-electron chi connectivity index (χ0n) is 17.5. The molecule has 1 aliphatic rings. The second-order valence-corrected chi connectivity index (χ2v) is 9.00. The van der Waals surface area contributed by atoms with E-state index in [0.29, 0.717) is 17.3 Å². The number of aryl methyl sites for hydroxylation is 1. The fourth-order valence-corrected chi connectivity index (χ4v) is 5.23. The van der Waals surface area contributed by atoms with Crippen molar-refractivity contribution in [3.05, 3.63) is 16.0 Å². The summed E-state index contributed by atoms with van der Waals surface area (Å²) >= 11 is 7.13. The molecule has 4 nitrogen and oxygen atoms in total. The lowest BCUT2D eigenvalue weighted by molar-refractivity contribution is 0.0526. The van der Waals surface area contributed by atoms with Crippen LogP contribution in [0.3, 0.4) is 0 Å². The average molecular weight is 425 g/mol. The lowest BCUT2D eigenvalue weighted by atomic mass is 9.95. The summed E-state index contributed by atoms with van der Waals surface area (Å²) in [4.78, 5) is 13.8. The molecule has 0 spiro atoms. The van der Waals surface area contributed by atoms with Gasteiger partial charge in [-0.25, -0.2) is 4.79 Å². The van der Waals surface area contributed by atoms with Crippen LogP contribution in [0.5, 0.6) is 0 Å². The van der Waals surface area contributed by atoms with Crippen LogP contribution in [-0.4, -0.2) is 24.2 Å². The number of esters is 1. The molecule has 0 atom stereocenters. The Morgan fingerprint density at radius 3 is 2.43 bits per heavy atom. The van der Waals surface area contributed by atoms with E-state index >= 15 is 0 Å². The molecule has 6 heteroatoms. The standard InChI is InChI=1S/C22H36N2O2S2/c1-3-5-6-7-8-9-10-13-16-23-22(27)24-20-19(21(25)26-4-2)17-14-11-12-15-18(17)28-20/h3-16H2,1-2H3,(H2,23,24,27). The predicted molar refractivity (Wildman–Crippen MR) is 124 cm³/mol. The lowest BCUT2D eigenvalue weighted by Crippen LogP contribution is -2.29. The maximum absolute atomic E-state index is 12.5. The number of hydrogen-bond donors (Lipinski definition) is 2. The highest BCUT2D eigenvalue weighted by Gasteiger charge is 2.26. The third-order valence-electron chi connectivity index (χ3n) is 5.19. The van der Waals surface area contributed by atoms with Crippen LogP contribution in [0.2, 0.25) is 0 Å². The van der Waals surface area contributed by atoms with E-state index in [9.17, 15) is 4.79 Å². The minimum absolute atomic E-state index is 0.227. The third-order valence-corrected chi connectivity index (χ3v) is 6.65. The van der Waals surface area contributed by atoms with Crippen molar-refractivity contribution in [2.45, 2.75) is 90.9 Å². The topological polar surface area (TPSA) is 50.4 Å². The molecule has 1 heterocycles. The number of hydrogen-bond acceptors (Lipinski definition) is 4. The van der Waals surface area contributed by atoms with E-state index in [1.54, 1.807) is 11.3 Å². The Balaban J connectivity index is 1.77. The normalized spacial score (nSPS) is 13.1. The molecule has 1 aromatic heterocycles. The van der Waals surface area contributed by atoms with Crippen LogP contribution in [0.1, 0.15) is 98.9 Å². The minimum atomic E-state index is -0.227. The third kappa shape index (κ3) is 7.36. The molecule has 28 heavy (non-hydrogen) atoms. The molecule has 2 N–H and O–H groups in total. The summed E-state index contributed by atoms with van der Waals surface area (Å²) in [5.41, 5.74) is 1.88. The molecule has 0 amide bonds. The molecular weight excluding hydrogens is 388 g/mol. The molecule has 0 aliphatic heterocycles. The number of unbranched alkanes of at least 4 members (excludes halogenated alkanes) is 7. The second-order valence-electron chi connectivity index (χ2n) is 7.49. The number of thiocarbonyl (C=S) groups is 1. The number of carbonyl (C=O) groups is 1. The highest BCUT2D eigenvalue weighted by Crippen LogP contribution is 2.38. The van der Waals surface area contributed by atoms with Crippen molar-refractivity contribution in [2.24, 2.45) is 0 Å². The first-order valence-electron chi connectivity index (χ1n) is 11.0. The Kier molecular flexibility index (Phi) is 10.9. The number of rotatable bonds is 12. The first-order valence-corrected chi connectivity index (χ1v) is 12.3. The van der Waals surface area contributed by atoms with E-state index in [2.05, 4.69) is 17.6 Å². The zero-order chi connectivity index (χ0) is 20.2. The number of nitrogens with one attached hydrogen (secondary N) is 2. The van der Waals surface area contributed by atoms with Gasteiger partial charge in [0, 0.05) is 11.4 Å². The van der Waals surface area contributed by atoms with Gasteiger partial charge >= 0.3 is 5.97 Å². The van der Waals surface area contributed by atoms with Gasteiger partial charge in [0.05, 0.1) is 12.2 Å². The van der Waals surface area contributed by atoms with Crippen molar-refractivity contribution >= 4 is 39.6 Å². The summed E-state index contributed by atoms with van der Waals surface area (Å²) in [6.45, 7) is 5.37. The SMILES string of the molecule is CCCCCCCCCCNC(=S)Nc1sc2c(c1C(=O)OCC)CCCC2. The number of thiophene rings is 1. The smallest absolute Gasteiger partial charge is 0.341 e. The van der Waals surface area contributed by atoms with Crippen LogP contribution < -0.4 is 10.6 Å². The van der Waals surface area contributed by atoms with Gasteiger partial charge in [0.25, 0.3) is 0 Å². The summed E-state index contributed by atoms with van der Waals surface area (Å²) < 4.78 is 5.30. The maximum Gasteiger partial charge on any atom is 0.341 e. The summed E-state index contributed by atoms with van der Waals surface area (Å²) in [7, 11) is 0. The fraction of sp³-hybridized carbons (Fsp3) is 0.727. The van der Waals surface area contributed by atoms with Gasteiger partial charge < -0.3 is 15.4 Å².